The molecule has 3 rings (SSSR count). The van der Waals surface area contributed by atoms with Gasteiger partial charge >= 0.3 is 12.4 Å². The van der Waals surface area contributed by atoms with Gasteiger partial charge in [-0.1, -0.05) is 36.4 Å². The fraction of sp³-hybridized carbons (Fsp3) is 0.105. The van der Waals surface area contributed by atoms with Crippen molar-refractivity contribution in [2.45, 2.75) is 12.4 Å². The van der Waals surface area contributed by atoms with Gasteiger partial charge in [0, 0.05) is 20.9 Å². The van der Waals surface area contributed by atoms with Crippen LogP contribution in [0.25, 0.3) is 22.4 Å². The Bertz CT molecular complexity index is 978. The van der Waals surface area contributed by atoms with E-state index < -0.39 is 23.5 Å². The smallest absolute Gasteiger partial charge is 0.254 e. The van der Waals surface area contributed by atoms with Gasteiger partial charge in [0.05, 0.1) is 16.8 Å². The topological polar surface area (TPSA) is 12.9 Å². The van der Waals surface area contributed by atoms with E-state index in [2.05, 4.69) is 4.98 Å². The summed E-state index contributed by atoms with van der Waals surface area (Å²) in [6.45, 7) is 0. The molecule has 0 amide bonds. The first-order valence-corrected chi connectivity index (χ1v) is 8.65. The number of hydrogen-bond donors (Lipinski definition) is 0. The molecule has 0 radical (unpaired) electrons. The average molecular weight is 493 g/mol. The van der Waals surface area contributed by atoms with Crippen LogP contribution in [0, 0.1) is 3.57 Å². The molecule has 0 atom stereocenters. The number of rotatable bonds is 2. The standard InChI is InChI=1S/C19H10F6IN/c20-18(21,22)14-7-3-1-5-12(14)11-9-16(26)17(27-10-11)13-6-2-4-8-15(13)19(23,24)25/h1-10H. The summed E-state index contributed by atoms with van der Waals surface area (Å²) >= 11 is 1.78. The molecule has 27 heavy (non-hydrogen) atoms. The summed E-state index contributed by atoms with van der Waals surface area (Å²) in [5, 5.41) is 0. The molecule has 8 heteroatoms. The van der Waals surface area contributed by atoms with E-state index in [0.29, 0.717) is 3.57 Å². The van der Waals surface area contributed by atoms with E-state index in [1.54, 1.807) is 22.6 Å². The molecule has 0 unspecified atom stereocenters. The lowest BCUT2D eigenvalue weighted by Crippen LogP contribution is -2.08. The Labute approximate surface area is 164 Å². The van der Waals surface area contributed by atoms with E-state index in [-0.39, 0.29) is 22.4 Å². The van der Waals surface area contributed by atoms with Crippen molar-refractivity contribution in [2.24, 2.45) is 0 Å². The Morgan fingerprint density at radius 1 is 0.704 bits per heavy atom. The second-order valence-electron chi connectivity index (χ2n) is 5.64. The number of halogens is 7. The molecule has 2 aromatic carbocycles. The maximum absolute atomic E-state index is 13.2. The van der Waals surface area contributed by atoms with E-state index in [1.165, 1.54) is 42.5 Å². The zero-order valence-corrected chi connectivity index (χ0v) is 15.5. The fourth-order valence-electron chi connectivity index (χ4n) is 2.70. The van der Waals surface area contributed by atoms with Gasteiger partial charge in [-0.2, -0.15) is 26.3 Å². The molecule has 0 aliphatic carbocycles. The van der Waals surface area contributed by atoms with Crippen LogP contribution in [-0.4, -0.2) is 4.98 Å². The molecular formula is C19H10F6IN. The van der Waals surface area contributed by atoms with E-state index in [1.807, 2.05) is 0 Å². The van der Waals surface area contributed by atoms with Crippen molar-refractivity contribution in [2.75, 3.05) is 0 Å². The molecule has 0 saturated heterocycles. The van der Waals surface area contributed by atoms with Gasteiger partial charge in [0.2, 0.25) is 0 Å². The minimum Gasteiger partial charge on any atom is -0.254 e. The summed E-state index contributed by atoms with van der Waals surface area (Å²) in [7, 11) is 0. The molecule has 0 spiro atoms. The third-order valence-corrected chi connectivity index (χ3v) is 4.69. The summed E-state index contributed by atoms with van der Waals surface area (Å²) in [5.74, 6) is 0. The molecule has 0 saturated carbocycles. The van der Waals surface area contributed by atoms with E-state index in [4.69, 9.17) is 0 Å². The van der Waals surface area contributed by atoms with Crippen molar-refractivity contribution < 1.29 is 26.3 Å². The van der Waals surface area contributed by atoms with Gasteiger partial charge in [0.1, 0.15) is 0 Å². The van der Waals surface area contributed by atoms with Crippen LogP contribution in [0.15, 0.2) is 60.8 Å². The van der Waals surface area contributed by atoms with E-state index in [9.17, 15) is 26.3 Å². The summed E-state index contributed by atoms with van der Waals surface area (Å²) in [4.78, 5) is 4.05. The number of alkyl halides is 6. The normalized spacial score (nSPS) is 12.3. The SMILES string of the molecule is FC(F)(F)c1ccccc1-c1cnc(-c2ccccc2C(F)(F)F)c(I)c1. The minimum atomic E-state index is -4.57. The molecule has 1 nitrogen and oxygen atoms in total. The molecule has 1 aromatic heterocycles. The molecule has 0 fully saturated rings. The molecule has 140 valence electrons. The Morgan fingerprint density at radius 3 is 1.70 bits per heavy atom. The highest BCUT2D eigenvalue weighted by molar-refractivity contribution is 14.1. The summed E-state index contributed by atoms with van der Waals surface area (Å²) in [6.07, 6.45) is -7.96. The highest BCUT2D eigenvalue weighted by Crippen LogP contribution is 2.40. The fourth-order valence-corrected chi connectivity index (χ4v) is 3.47. The number of aromatic nitrogens is 1. The lowest BCUT2D eigenvalue weighted by molar-refractivity contribution is -0.137. The van der Waals surface area contributed by atoms with Crippen LogP contribution < -0.4 is 0 Å². The van der Waals surface area contributed by atoms with Crippen molar-refractivity contribution >= 4 is 22.6 Å². The van der Waals surface area contributed by atoms with Crippen LogP contribution >= 0.6 is 22.6 Å². The van der Waals surface area contributed by atoms with Gasteiger partial charge in [0.25, 0.3) is 0 Å². The summed E-state index contributed by atoms with van der Waals surface area (Å²) < 4.78 is 79.7. The van der Waals surface area contributed by atoms with Crippen molar-refractivity contribution in [3.05, 3.63) is 75.5 Å². The molecular weight excluding hydrogens is 483 g/mol. The maximum atomic E-state index is 13.2. The molecule has 1 heterocycles. The number of benzene rings is 2. The Balaban J connectivity index is 2.13. The Kier molecular flexibility index (Phi) is 5.20. The van der Waals surface area contributed by atoms with Crippen LogP contribution in [0.2, 0.25) is 0 Å². The molecule has 0 N–H and O–H groups in total. The molecule has 0 bridgehead atoms. The van der Waals surface area contributed by atoms with Crippen LogP contribution in [0.5, 0.6) is 0 Å². The quantitative estimate of drug-likeness (QED) is 0.275. The highest BCUT2D eigenvalue weighted by atomic mass is 127. The lowest BCUT2D eigenvalue weighted by atomic mass is 9.99. The second-order valence-corrected chi connectivity index (χ2v) is 6.80. The second kappa shape index (κ2) is 7.14. The van der Waals surface area contributed by atoms with Gasteiger partial charge in [-0.15, -0.1) is 0 Å². The predicted octanol–water partition coefficient (Wildman–Crippen LogP) is 7.06. The van der Waals surface area contributed by atoms with E-state index >= 15 is 0 Å². The number of hydrogen-bond acceptors (Lipinski definition) is 1. The van der Waals surface area contributed by atoms with Crippen molar-refractivity contribution in [3.8, 4) is 22.4 Å². The van der Waals surface area contributed by atoms with Crippen LogP contribution in [0.3, 0.4) is 0 Å². The van der Waals surface area contributed by atoms with Crippen LogP contribution in [0.1, 0.15) is 11.1 Å². The zero-order chi connectivity index (χ0) is 19.8. The zero-order valence-electron chi connectivity index (χ0n) is 13.4. The van der Waals surface area contributed by atoms with Crippen molar-refractivity contribution in [1.82, 2.24) is 4.98 Å². The van der Waals surface area contributed by atoms with Gasteiger partial charge in [0.15, 0.2) is 0 Å². The highest BCUT2D eigenvalue weighted by Gasteiger charge is 2.35. The summed E-state index contributed by atoms with van der Waals surface area (Å²) in [6, 6.07) is 11.4. The number of pyridine rings is 1. The number of nitrogens with zero attached hydrogens (tertiary/aromatic N) is 1. The largest absolute Gasteiger partial charge is 0.417 e. The average Bonchev–Trinajstić information content (AvgIpc) is 2.60. The molecule has 0 aliphatic heterocycles. The van der Waals surface area contributed by atoms with Crippen molar-refractivity contribution in [3.63, 3.8) is 0 Å². The predicted molar refractivity (Wildman–Crippen MR) is 97.8 cm³/mol. The van der Waals surface area contributed by atoms with Gasteiger partial charge in [-0.05, 0) is 46.4 Å². The summed E-state index contributed by atoms with van der Waals surface area (Å²) in [5.41, 5.74) is -1.63. The first kappa shape index (κ1) is 19.7. The van der Waals surface area contributed by atoms with E-state index in [0.717, 1.165) is 18.3 Å². The van der Waals surface area contributed by atoms with Gasteiger partial charge in [-0.3, -0.25) is 4.98 Å². The van der Waals surface area contributed by atoms with Crippen LogP contribution in [-0.2, 0) is 12.4 Å². The Hall–Kier alpha value is -2.10. The first-order valence-electron chi connectivity index (χ1n) is 7.58. The van der Waals surface area contributed by atoms with Gasteiger partial charge < -0.3 is 0 Å². The van der Waals surface area contributed by atoms with Crippen LogP contribution in [0.4, 0.5) is 26.3 Å². The van der Waals surface area contributed by atoms with Crippen molar-refractivity contribution in [1.29, 1.82) is 0 Å². The maximum Gasteiger partial charge on any atom is 0.417 e. The molecule has 3 aromatic rings. The minimum absolute atomic E-state index is 0.0664. The lowest BCUT2D eigenvalue weighted by Gasteiger charge is -2.15. The third kappa shape index (κ3) is 4.10. The molecule has 0 aliphatic rings. The van der Waals surface area contributed by atoms with Gasteiger partial charge in [-0.25, -0.2) is 0 Å². The third-order valence-electron chi connectivity index (χ3n) is 3.87. The monoisotopic (exact) mass is 493 g/mol. The Morgan fingerprint density at radius 2 is 1.19 bits per heavy atom. The first-order chi connectivity index (χ1) is 12.6.